The number of H-pyrrole nitrogens is 1. The van der Waals surface area contributed by atoms with Gasteiger partial charge in [0, 0.05) is 12.0 Å². The number of carbonyl (C=O) groups is 1. The lowest BCUT2D eigenvalue weighted by atomic mass is 10.2. The van der Waals surface area contributed by atoms with Crippen molar-refractivity contribution in [1.82, 2.24) is 9.97 Å². The number of nitrogens with zero attached hydrogens (tertiary/aromatic N) is 1. The highest BCUT2D eigenvalue weighted by molar-refractivity contribution is 6.30. The number of nitrogens with one attached hydrogen (secondary N) is 1. The van der Waals surface area contributed by atoms with E-state index in [9.17, 15) is 9.18 Å². The summed E-state index contributed by atoms with van der Waals surface area (Å²) < 4.78 is 13.1. The van der Waals surface area contributed by atoms with Crippen molar-refractivity contribution in [3.63, 3.8) is 0 Å². The van der Waals surface area contributed by atoms with E-state index in [1.165, 1.54) is 12.1 Å². The summed E-state index contributed by atoms with van der Waals surface area (Å²) in [4.78, 5) is 17.4. The van der Waals surface area contributed by atoms with Crippen molar-refractivity contribution < 1.29 is 14.3 Å². The molecule has 0 spiro atoms. The molecule has 0 unspecified atom stereocenters. The largest absolute Gasteiger partial charge is 0.481 e. The summed E-state index contributed by atoms with van der Waals surface area (Å²) >= 11 is 5.89. The third-order valence-corrected chi connectivity index (χ3v) is 2.73. The minimum Gasteiger partial charge on any atom is -0.481 e. The highest BCUT2D eigenvalue weighted by Crippen LogP contribution is 2.22. The van der Waals surface area contributed by atoms with Crippen molar-refractivity contribution in [3.05, 3.63) is 40.9 Å². The Labute approximate surface area is 107 Å². The average Bonchev–Trinajstić information content (AvgIpc) is 2.68. The van der Waals surface area contributed by atoms with Crippen molar-refractivity contribution in [3.8, 4) is 11.4 Å². The van der Waals surface area contributed by atoms with Crippen LogP contribution in [0.15, 0.2) is 24.3 Å². The molecular formula is C12H10ClFN2O2. The number of imidazole rings is 1. The molecule has 0 saturated carbocycles. The summed E-state index contributed by atoms with van der Waals surface area (Å²) in [7, 11) is 0. The summed E-state index contributed by atoms with van der Waals surface area (Å²) in [6, 6.07) is 5.92. The predicted molar refractivity (Wildman–Crippen MR) is 64.9 cm³/mol. The van der Waals surface area contributed by atoms with Gasteiger partial charge in [-0.25, -0.2) is 9.37 Å². The molecule has 1 aromatic heterocycles. The fourth-order valence-electron chi connectivity index (χ4n) is 1.56. The first-order valence-electron chi connectivity index (χ1n) is 5.28. The van der Waals surface area contributed by atoms with Crippen LogP contribution in [0, 0.1) is 5.82 Å². The zero-order valence-corrected chi connectivity index (χ0v) is 10.0. The minimum atomic E-state index is -0.909. The molecule has 0 amide bonds. The molecule has 0 aliphatic carbocycles. The summed E-state index contributed by atoms with van der Waals surface area (Å²) in [5.74, 6) is -0.847. The van der Waals surface area contributed by atoms with Crippen molar-refractivity contribution in [2.75, 3.05) is 0 Å². The first kappa shape index (κ1) is 12.6. The zero-order chi connectivity index (χ0) is 13.1. The van der Waals surface area contributed by atoms with Gasteiger partial charge in [-0.2, -0.15) is 0 Å². The summed E-state index contributed by atoms with van der Waals surface area (Å²) in [5.41, 5.74) is 1.11. The van der Waals surface area contributed by atoms with E-state index in [1.54, 1.807) is 12.1 Å². The lowest BCUT2D eigenvalue weighted by Gasteiger charge is -1.96. The van der Waals surface area contributed by atoms with Gasteiger partial charge in [0.25, 0.3) is 0 Å². The van der Waals surface area contributed by atoms with Crippen LogP contribution in [0.5, 0.6) is 0 Å². The van der Waals surface area contributed by atoms with Gasteiger partial charge in [0.15, 0.2) is 5.15 Å². The maximum Gasteiger partial charge on any atom is 0.303 e. The Hall–Kier alpha value is -1.88. The quantitative estimate of drug-likeness (QED) is 0.896. The van der Waals surface area contributed by atoms with Crippen LogP contribution in [-0.4, -0.2) is 21.0 Å². The van der Waals surface area contributed by atoms with Gasteiger partial charge in [-0.15, -0.1) is 0 Å². The Bertz CT molecular complexity index is 583. The summed E-state index contributed by atoms with van der Waals surface area (Å²) in [5, 5.41) is 8.82. The monoisotopic (exact) mass is 268 g/mol. The van der Waals surface area contributed by atoms with E-state index >= 15 is 0 Å². The van der Waals surface area contributed by atoms with Gasteiger partial charge in [0.1, 0.15) is 11.6 Å². The maximum absolute atomic E-state index is 13.1. The van der Waals surface area contributed by atoms with E-state index in [4.69, 9.17) is 16.7 Å². The van der Waals surface area contributed by atoms with Crippen LogP contribution in [-0.2, 0) is 11.2 Å². The van der Waals surface area contributed by atoms with E-state index in [-0.39, 0.29) is 23.8 Å². The van der Waals surface area contributed by atoms with Crippen LogP contribution in [0.4, 0.5) is 4.39 Å². The Morgan fingerprint density at radius 2 is 2.28 bits per heavy atom. The molecule has 0 radical (unpaired) electrons. The van der Waals surface area contributed by atoms with Gasteiger partial charge in [0.05, 0.1) is 12.1 Å². The fraction of sp³-hybridized carbons (Fsp3) is 0.167. The van der Waals surface area contributed by atoms with Crippen LogP contribution in [0.3, 0.4) is 0 Å². The number of carboxylic acid groups (broad SMARTS) is 1. The molecule has 0 aliphatic heterocycles. The van der Waals surface area contributed by atoms with Crippen molar-refractivity contribution in [2.45, 2.75) is 12.8 Å². The predicted octanol–water partition coefficient (Wildman–Crippen LogP) is 2.89. The molecule has 0 saturated heterocycles. The SMILES string of the molecule is O=C(O)CCc1[nH]c(-c2cccc(F)c2)nc1Cl. The highest BCUT2D eigenvalue weighted by Gasteiger charge is 2.11. The summed E-state index contributed by atoms with van der Waals surface area (Å²) in [6.07, 6.45) is 0.223. The molecule has 1 heterocycles. The Morgan fingerprint density at radius 1 is 1.50 bits per heavy atom. The standard InChI is InChI=1S/C12H10ClFN2O2/c13-11-9(4-5-10(17)18)15-12(16-11)7-2-1-3-8(14)6-7/h1-3,6H,4-5H2,(H,15,16)(H,17,18). The molecule has 0 atom stereocenters. The molecule has 1 aromatic carbocycles. The molecule has 2 N–H and O–H groups in total. The first-order chi connectivity index (χ1) is 8.56. The lowest BCUT2D eigenvalue weighted by Crippen LogP contribution is -1.98. The van der Waals surface area contributed by atoms with Gasteiger partial charge >= 0.3 is 5.97 Å². The molecule has 18 heavy (non-hydrogen) atoms. The van der Waals surface area contributed by atoms with Crippen LogP contribution >= 0.6 is 11.6 Å². The van der Waals surface area contributed by atoms with Gasteiger partial charge in [-0.05, 0) is 12.1 Å². The molecule has 2 rings (SSSR count). The number of benzene rings is 1. The number of rotatable bonds is 4. The van der Waals surface area contributed by atoms with Gasteiger partial charge in [-0.3, -0.25) is 4.79 Å². The second kappa shape index (κ2) is 5.18. The van der Waals surface area contributed by atoms with Gasteiger partial charge in [-0.1, -0.05) is 23.7 Å². The van der Waals surface area contributed by atoms with E-state index in [2.05, 4.69) is 9.97 Å². The fourth-order valence-corrected chi connectivity index (χ4v) is 1.78. The topological polar surface area (TPSA) is 66.0 Å². The third kappa shape index (κ3) is 2.87. The van der Waals surface area contributed by atoms with Crippen molar-refractivity contribution >= 4 is 17.6 Å². The highest BCUT2D eigenvalue weighted by atomic mass is 35.5. The van der Waals surface area contributed by atoms with Crippen LogP contribution < -0.4 is 0 Å². The number of aliphatic carboxylic acids is 1. The number of hydrogen-bond acceptors (Lipinski definition) is 2. The normalized spacial score (nSPS) is 10.6. The summed E-state index contributed by atoms with van der Waals surface area (Å²) in [6.45, 7) is 0. The van der Waals surface area contributed by atoms with Gasteiger partial charge in [0.2, 0.25) is 0 Å². The second-order valence-electron chi connectivity index (χ2n) is 3.76. The van der Waals surface area contributed by atoms with E-state index < -0.39 is 5.97 Å². The van der Waals surface area contributed by atoms with Gasteiger partial charge < -0.3 is 10.1 Å². The number of aromatic amines is 1. The van der Waals surface area contributed by atoms with Crippen molar-refractivity contribution in [2.24, 2.45) is 0 Å². The molecule has 0 bridgehead atoms. The van der Waals surface area contributed by atoms with E-state index in [0.717, 1.165) is 0 Å². The Balaban J connectivity index is 2.25. The number of aromatic nitrogens is 2. The Kier molecular flexibility index (Phi) is 3.62. The van der Waals surface area contributed by atoms with Crippen LogP contribution in [0.2, 0.25) is 5.15 Å². The van der Waals surface area contributed by atoms with Crippen LogP contribution in [0.25, 0.3) is 11.4 Å². The third-order valence-electron chi connectivity index (χ3n) is 2.42. The second-order valence-corrected chi connectivity index (χ2v) is 4.12. The molecule has 0 aliphatic rings. The average molecular weight is 269 g/mol. The molecule has 4 nitrogen and oxygen atoms in total. The maximum atomic E-state index is 13.1. The number of aryl methyl sites for hydroxylation is 1. The number of hydrogen-bond donors (Lipinski definition) is 2. The number of halogens is 2. The number of carboxylic acids is 1. The smallest absolute Gasteiger partial charge is 0.303 e. The van der Waals surface area contributed by atoms with Crippen molar-refractivity contribution in [1.29, 1.82) is 0 Å². The van der Waals surface area contributed by atoms with E-state index in [1.807, 2.05) is 0 Å². The molecule has 94 valence electrons. The minimum absolute atomic E-state index is 0.0372. The molecule has 0 fully saturated rings. The van der Waals surface area contributed by atoms with Crippen LogP contribution in [0.1, 0.15) is 12.1 Å². The first-order valence-corrected chi connectivity index (χ1v) is 5.66. The molecule has 2 aromatic rings. The lowest BCUT2D eigenvalue weighted by molar-refractivity contribution is -0.136. The molecule has 6 heteroatoms. The Morgan fingerprint density at radius 3 is 2.94 bits per heavy atom. The molecular weight excluding hydrogens is 259 g/mol. The van der Waals surface area contributed by atoms with E-state index in [0.29, 0.717) is 17.1 Å². The zero-order valence-electron chi connectivity index (χ0n) is 9.28.